The average Bonchev–Trinajstić information content (AvgIpc) is 2.78. The van der Waals surface area contributed by atoms with Gasteiger partial charge in [-0.2, -0.15) is 0 Å². The van der Waals surface area contributed by atoms with Crippen molar-refractivity contribution in [2.24, 2.45) is 18.7 Å². The first-order valence-electron chi connectivity index (χ1n) is 7.70. The number of aromatic nitrogens is 1. The van der Waals surface area contributed by atoms with Crippen LogP contribution in [0, 0.1) is 5.92 Å². The lowest BCUT2D eigenvalue weighted by atomic mass is 9.90. The largest absolute Gasteiger partial charge is 0.350 e. The molecule has 2 heterocycles. The van der Waals surface area contributed by atoms with E-state index in [1.165, 1.54) is 22.9 Å². The summed E-state index contributed by atoms with van der Waals surface area (Å²) in [4.78, 5) is 2.57. The number of likely N-dealkylation sites (tertiary alicyclic amines) is 1. The third-order valence-electron chi connectivity index (χ3n) is 4.77. The number of hydrogen-bond donors (Lipinski definition) is 1. The average molecular weight is 271 g/mol. The Labute approximate surface area is 121 Å². The zero-order chi connectivity index (χ0) is 14.1. The van der Waals surface area contributed by atoms with Gasteiger partial charge >= 0.3 is 0 Å². The molecule has 0 saturated carbocycles. The zero-order valence-electron chi connectivity index (χ0n) is 12.5. The molecule has 1 fully saturated rings. The highest BCUT2D eigenvalue weighted by Crippen LogP contribution is 2.25. The molecule has 3 heteroatoms. The molecule has 20 heavy (non-hydrogen) atoms. The summed E-state index contributed by atoms with van der Waals surface area (Å²) in [6, 6.07) is 9.06. The van der Waals surface area contributed by atoms with Gasteiger partial charge in [0.1, 0.15) is 0 Å². The highest BCUT2D eigenvalue weighted by Gasteiger charge is 2.25. The monoisotopic (exact) mass is 271 g/mol. The summed E-state index contributed by atoms with van der Waals surface area (Å²) in [5.41, 5.74) is 8.97. The first kappa shape index (κ1) is 13.7. The lowest BCUT2D eigenvalue weighted by molar-refractivity contribution is 0.146. The minimum absolute atomic E-state index is 0.392. The molecule has 1 aliphatic rings. The fourth-order valence-corrected chi connectivity index (χ4v) is 3.49. The van der Waals surface area contributed by atoms with Crippen molar-refractivity contribution in [2.45, 2.75) is 32.4 Å². The first-order valence-corrected chi connectivity index (χ1v) is 7.70. The Morgan fingerprint density at radius 2 is 2.10 bits per heavy atom. The van der Waals surface area contributed by atoms with Crippen molar-refractivity contribution in [1.29, 1.82) is 0 Å². The summed E-state index contributed by atoms with van der Waals surface area (Å²) in [6.45, 7) is 5.57. The van der Waals surface area contributed by atoms with Crippen LogP contribution in [0.3, 0.4) is 0 Å². The maximum Gasteiger partial charge on any atom is 0.0481 e. The fraction of sp³-hybridized carbons (Fsp3) is 0.529. The van der Waals surface area contributed by atoms with Crippen molar-refractivity contribution in [3.8, 4) is 0 Å². The third-order valence-corrected chi connectivity index (χ3v) is 4.77. The molecule has 2 unspecified atom stereocenters. The SMILES string of the molecule is CCC1CN(Cc2cn(C)c3ccccc23)CCC1N. The maximum absolute atomic E-state index is 6.21. The molecule has 3 nitrogen and oxygen atoms in total. The molecule has 0 radical (unpaired) electrons. The summed E-state index contributed by atoms with van der Waals surface area (Å²) < 4.78 is 2.23. The molecule has 1 aromatic carbocycles. The Morgan fingerprint density at radius 3 is 2.90 bits per heavy atom. The molecular weight excluding hydrogens is 246 g/mol. The molecule has 1 aromatic heterocycles. The van der Waals surface area contributed by atoms with Crippen LogP contribution in [0.15, 0.2) is 30.5 Å². The van der Waals surface area contributed by atoms with Crippen LogP contribution in [0.4, 0.5) is 0 Å². The van der Waals surface area contributed by atoms with Crippen molar-refractivity contribution in [3.63, 3.8) is 0 Å². The summed E-state index contributed by atoms with van der Waals surface area (Å²) in [6.07, 6.45) is 4.59. The van der Waals surface area contributed by atoms with Gasteiger partial charge < -0.3 is 10.3 Å². The quantitative estimate of drug-likeness (QED) is 0.931. The van der Waals surface area contributed by atoms with Crippen LogP contribution in [0.5, 0.6) is 0 Å². The van der Waals surface area contributed by atoms with Crippen molar-refractivity contribution < 1.29 is 0 Å². The number of aryl methyl sites for hydroxylation is 1. The van der Waals surface area contributed by atoms with Gasteiger partial charge in [-0.25, -0.2) is 0 Å². The van der Waals surface area contributed by atoms with Crippen molar-refractivity contribution in [2.75, 3.05) is 13.1 Å². The fourth-order valence-electron chi connectivity index (χ4n) is 3.49. The second kappa shape index (κ2) is 5.58. The number of rotatable bonds is 3. The van der Waals surface area contributed by atoms with Crippen LogP contribution in [0.2, 0.25) is 0 Å². The van der Waals surface area contributed by atoms with E-state index >= 15 is 0 Å². The number of hydrogen-bond acceptors (Lipinski definition) is 2. The molecule has 1 saturated heterocycles. The highest BCUT2D eigenvalue weighted by molar-refractivity contribution is 5.83. The van der Waals surface area contributed by atoms with Gasteiger partial charge in [-0.05, 0) is 30.5 Å². The van der Waals surface area contributed by atoms with Gasteiger partial charge in [0.15, 0.2) is 0 Å². The molecule has 0 spiro atoms. The maximum atomic E-state index is 6.21. The number of piperidine rings is 1. The van der Waals surface area contributed by atoms with Crippen LogP contribution in [0.1, 0.15) is 25.3 Å². The Hall–Kier alpha value is -1.32. The molecule has 3 rings (SSSR count). The number of para-hydroxylation sites is 1. The first-order chi connectivity index (χ1) is 9.69. The van der Waals surface area contributed by atoms with E-state index in [4.69, 9.17) is 5.73 Å². The van der Waals surface area contributed by atoms with Gasteiger partial charge in [0.25, 0.3) is 0 Å². The van der Waals surface area contributed by atoms with Crippen LogP contribution in [-0.2, 0) is 13.6 Å². The topological polar surface area (TPSA) is 34.2 Å². The zero-order valence-corrected chi connectivity index (χ0v) is 12.5. The van der Waals surface area contributed by atoms with E-state index in [1.54, 1.807) is 0 Å². The second-order valence-corrected chi connectivity index (χ2v) is 6.14. The van der Waals surface area contributed by atoms with Crippen molar-refractivity contribution in [3.05, 3.63) is 36.0 Å². The van der Waals surface area contributed by atoms with E-state index in [9.17, 15) is 0 Å². The van der Waals surface area contributed by atoms with Gasteiger partial charge in [-0.1, -0.05) is 31.5 Å². The predicted molar refractivity (Wildman–Crippen MR) is 84.6 cm³/mol. The number of benzene rings is 1. The third kappa shape index (κ3) is 2.48. The summed E-state index contributed by atoms with van der Waals surface area (Å²) >= 11 is 0. The van der Waals surface area contributed by atoms with Crippen LogP contribution >= 0.6 is 0 Å². The molecule has 108 valence electrons. The lowest BCUT2D eigenvalue weighted by Gasteiger charge is -2.36. The van der Waals surface area contributed by atoms with Gasteiger partial charge in [0.05, 0.1) is 0 Å². The van der Waals surface area contributed by atoms with Gasteiger partial charge in [0.2, 0.25) is 0 Å². The van der Waals surface area contributed by atoms with E-state index in [0.717, 1.165) is 26.1 Å². The molecule has 2 N–H and O–H groups in total. The minimum Gasteiger partial charge on any atom is -0.350 e. The van der Waals surface area contributed by atoms with Crippen molar-refractivity contribution >= 4 is 10.9 Å². The lowest BCUT2D eigenvalue weighted by Crippen LogP contribution is -2.46. The van der Waals surface area contributed by atoms with Gasteiger partial charge in [-0.3, -0.25) is 4.90 Å². The Kier molecular flexibility index (Phi) is 3.81. The molecule has 2 aromatic rings. The summed E-state index contributed by atoms with van der Waals surface area (Å²) in [5, 5.41) is 1.39. The highest BCUT2D eigenvalue weighted by atomic mass is 15.1. The molecule has 2 atom stereocenters. The summed E-state index contributed by atoms with van der Waals surface area (Å²) in [5.74, 6) is 0.652. The smallest absolute Gasteiger partial charge is 0.0481 e. The van der Waals surface area contributed by atoms with Crippen LogP contribution < -0.4 is 5.73 Å². The number of nitrogens with zero attached hydrogens (tertiary/aromatic N) is 2. The van der Waals surface area contributed by atoms with Crippen LogP contribution in [0.25, 0.3) is 10.9 Å². The van der Waals surface area contributed by atoms with E-state index in [-0.39, 0.29) is 0 Å². The number of fused-ring (bicyclic) bond motifs is 1. The Morgan fingerprint density at radius 1 is 1.30 bits per heavy atom. The standard InChI is InChI=1S/C17H25N3/c1-3-13-11-20(9-8-16(13)18)12-14-10-19(2)17-7-5-4-6-15(14)17/h4-7,10,13,16H,3,8-9,11-12,18H2,1-2H3. The molecule has 0 bridgehead atoms. The Balaban J connectivity index is 1.80. The van der Waals surface area contributed by atoms with Crippen LogP contribution in [-0.4, -0.2) is 28.6 Å². The van der Waals surface area contributed by atoms with E-state index < -0.39 is 0 Å². The van der Waals surface area contributed by atoms with Gasteiger partial charge in [0, 0.05) is 43.3 Å². The van der Waals surface area contributed by atoms with E-state index in [1.807, 2.05) is 0 Å². The second-order valence-electron chi connectivity index (χ2n) is 6.14. The minimum atomic E-state index is 0.392. The van der Waals surface area contributed by atoms with E-state index in [0.29, 0.717) is 12.0 Å². The molecule has 0 aliphatic carbocycles. The van der Waals surface area contributed by atoms with E-state index in [2.05, 4.69) is 53.9 Å². The molecule has 0 amide bonds. The van der Waals surface area contributed by atoms with Crippen molar-refractivity contribution in [1.82, 2.24) is 9.47 Å². The Bertz CT molecular complexity index is 587. The summed E-state index contributed by atoms with van der Waals surface area (Å²) in [7, 11) is 2.13. The number of nitrogens with two attached hydrogens (primary N) is 1. The predicted octanol–water partition coefficient (Wildman–Crippen LogP) is 2.74. The van der Waals surface area contributed by atoms with Gasteiger partial charge in [-0.15, -0.1) is 0 Å². The normalized spacial score (nSPS) is 24.4. The molecule has 1 aliphatic heterocycles. The molecular formula is C17H25N3.